The van der Waals surface area contributed by atoms with Crippen LogP contribution in [0.2, 0.25) is 0 Å². The second-order valence-corrected chi connectivity index (χ2v) is 3.29. The number of nitrogens with two attached hydrogens (primary N) is 1. The van der Waals surface area contributed by atoms with Crippen molar-refractivity contribution in [3.05, 3.63) is 29.3 Å². The maximum absolute atomic E-state index is 5.72. The number of aryl methyl sites for hydroxylation is 2. The standard InChI is InChI=1S/C11H17NO/c1-4-10(12)13-11-8(2)6-5-7-9(11)3/h5-7,10H,4,12H2,1-3H3. The third-order valence-corrected chi connectivity index (χ3v) is 2.08. The number of hydrogen-bond donors (Lipinski definition) is 1. The molecule has 2 heteroatoms. The summed E-state index contributed by atoms with van der Waals surface area (Å²) >= 11 is 0. The normalized spacial score (nSPS) is 12.6. The highest BCUT2D eigenvalue weighted by Gasteiger charge is 2.06. The molecule has 0 aromatic heterocycles. The van der Waals surface area contributed by atoms with Crippen molar-refractivity contribution in [1.29, 1.82) is 0 Å². The molecule has 1 aromatic carbocycles. The van der Waals surface area contributed by atoms with Gasteiger partial charge in [0.05, 0.1) is 0 Å². The highest BCUT2D eigenvalue weighted by atomic mass is 16.5. The lowest BCUT2D eigenvalue weighted by molar-refractivity contribution is 0.202. The van der Waals surface area contributed by atoms with E-state index in [1.807, 2.05) is 39.0 Å². The minimum atomic E-state index is -0.195. The Balaban J connectivity index is 2.87. The summed E-state index contributed by atoms with van der Waals surface area (Å²) in [7, 11) is 0. The molecule has 1 atom stereocenters. The molecule has 0 radical (unpaired) electrons. The summed E-state index contributed by atoms with van der Waals surface area (Å²) in [5.74, 6) is 0.928. The Morgan fingerprint density at radius 1 is 1.31 bits per heavy atom. The Kier molecular flexibility index (Phi) is 3.32. The fraction of sp³-hybridized carbons (Fsp3) is 0.455. The number of rotatable bonds is 3. The zero-order valence-electron chi connectivity index (χ0n) is 8.50. The van der Waals surface area contributed by atoms with Gasteiger partial charge < -0.3 is 4.74 Å². The van der Waals surface area contributed by atoms with E-state index in [2.05, 4.69) is 0 Å². The van der Waals surface area contributed by atoms with Crippen LogP contribution in [0.15, 0.2) is 18.2 Å². The lowest BCUT2D eigenvalue weighted by Crippen LogP contribution is -2.26. The first-order chi connectivity index (χ1) is 6.15. The molecule has 1 unspecified atom stereocenters. The van der Waals surface area contributed by atoms with Crippen LogP contribution in [0.1, 0.15) is 24.5 Å². The third-order valence-electron chi connectivity index (χ3n) is 2.08. The average molecular weight is 179 g/mol. The van der Waals surface area contributed by atoms with Gasteiger partial charge in [-0.1, -0.05) is 25.1 Å². The van der Waals surface area contributed by atoms with Crippen LogP contribution in [0.4, 0.5) is 0 Å². The van der Waals surface area contributed by atoms with Gasteiger partial charge in [-0.15, -0.1) is 0 Å². The van der Waals surface area contributed by atoms with Crippen molar-refractivity contribution >= 4 is 0 Å². The highest BCUT2D eigenvalue weighted by Crippen LogP contribution is 2.23. The summed E-state index contributed by atoms with van der Waals surface area (Å²) in [5, 5.41) is 0. The average Bonchev–Trinajstić information content (AvgIpc) is 2.11. The van der Waals surface area contributed by atoms with E-state index >= 15 is 0 Å². The Labute approximate surface area is 79.7 Å². The van der Waals surface area contributed by atoms with E-state index in [0.29, 0.717) is 0 Å². The molecule has 2 nitrogen and oxygen atoms in total. The molecule has 0 fully saturated rings. The van der Waals surface area contributed by atoms with Gasteiger partial charge in [0.15, 0.2) is 0 Å². The Bertz CT molecular complexity index is 263. The van der Waals surface area contributed by atoms with Gasteiger partial charge in [-0.2, -0.15) is 0 Å². The van der Waals surface area contributed by atoms with Gasteiger partial charge in [0.2, 0.25) is 0 Å². The van der Waals surface area contributed by atoms with Crippen LogP contribution in [-0.4, -0.2) is 6.23 Å². The minimum Gasteiger partial charge on any atom is -0.475 e. The van der Waals surface area contributed by atoms with Crippen molar-refractivity contribution < 1.29 is 4.74 Å². The van der Waals surface area contributed by atoms with E-state index in [-0.39, 0.29) is 6.23 Å². The van der Waals surface area contributed by atoms with Gasteiger partial charge in [0.25, 0.3) is 0 Å². The van der Waals surface area contributed by atoms with Crippen LogP contribution < -0.4 is 10.5 Å². The molecule has 1 aromatic rings. The molecule has 0 spiro atoms. The summed E-state index contributed by atoms with van der Waals surface area (Å²) in [6.45, 7) is 6.08. The van der Waals surface area contributed by atoms with Crippen LogP contribution in [-0.2, 0) is 0 Å². The molecule has 1 rings (SSSR count). The Morgan fingerprint density at radius 3 is 2.31 bits per heavy atom. The Hall–Kier alpha value is -1.02. The van der Waals surface area contributed by atoms with Gasteiger partial charge in [0, 0.05) is 0 Å². The van der Waals surface area contributed by atoms with E-state index in [0.717, 1.165) is 23.3 Å². The van der Waals surface area contributed by atoms with Crippen molar-refractivity contribution in [2.75, 3.05) is 0 Å². The maximum atomic E-state index is 5.72. The number of para-hydroxylation sites is 1. The van der Waals surface area contributed by atoms with Gasteiger partial charge in [-0.05, 0) is 31.4 Å². The van der Waals surface area contributed by atoms with Gasteiger partial charge >= 0.3 is 0 Å². The van der Waals surface area contributed by atoms with E-state index in [1.54, 1.807) is 0 Å². The smallest absolute Gasteiger partial charge is 0.147 e. The van der Waals surface area contributed by atoms with Crippen molar-refractivity contribution in [3.63, 3.8) is 0 Å². The molecule has 0 saturated heterocycles. The van der Waals surface area contributed by atoms with E-state index in [1.165, 1.54) is 0 Å². The molecule has 2 N–H and O–H groups in total. The second kappa shape index (κ2) is 4.28. The highest BCUT2D eigenvalue weighted by molar-refractivity contribution is 5.39. The van der Waals surface area contributed by atoms with Crippen LogP contribution >= 0.6 is 0 Å². The lowest BCUT2D eigenvalue weighted by Gasteiger charge is -2.16. The topological polar surface area (TPSA) is 35.2 Å². The first-order valence-electron chi connectivity index (χ1n) is 4.63. The van der Waals surface area contributed by atoms with Crippen molar-refractivity contribution in [1.82, 2.24) is 0 Å². The zero-order valence-corrected chi connectivity index (χ0v) is 8.50. The third kappa shape index (κ3) is 2.46. The van der Waals surface area contributed by atoms with Crippen molar-refractivity contribution in [2.24, 2.45) is 5.73 Å². The predicted molar refractivity (Wildman–Crippen MR) is 54.8 cm³/mol. The van der Waals surface area contributed by atoms with Crippen molar-refractivity contribution in [3.8, 4) is 5.75 Å². The molecular formula is C11H17NO. The number of benzene rings is 1. The summed E-state index contributed by atoms with van der Waals surface area (Å²) in [6, 6.07) is 6.09. The molecular weight excluding hydrogens is 162 g/mol. The minimum absolute atomic E-state index is 0.195. The van der Waals surface area contributed by atoms with Crippen molar-refractivity contribution in [2.45, 2.75) is 33.4 Å². The van der Waals surface area contributed by atoms with Crippen LogP contribution in [0.25, 0.3) is 0 Å². The van der Waals surface area contributed by atoms with Gasteiger partial charge in [0.1, 0.15) is 12.0 Å². The fourth-order valence-corrected chi connectivity index (χ4v) is 1.22. The first kappa shape index (κ1) is 10.1. The number of hydrogen-bond acceptors (Lipinski definition) is 2. The lowest BCUT2D eigenvalue weighted by atomic mass is 10.1. The molecule has 0 heterocycles. The quantitative estimate of drug-likeness (QED) is 0.723. The molecule has 0 bridgehead atoms. The number of ether oxygens (including phenoxy) is 1. The molecule has 0 aliphatic rings. The largest absolute Gasteiger partial charge is 0.475 e. The monoisotopic (exact) mass is 179 g/mol. The molecule has 0 saturated carbocycles. The molecule has 0 aliphatic carbocycles. The summed E-state index contributed by atoms with van der Waals surface area (Å²) < 4.78 is 5.60. The predicted octanol–water partition coefficient (Wildman–Crippen LogP) is 2.38. The van der Waals surface area contributed by atoms with Gasteiger partial charge in [-0.25, -0.2) is 0 Å². The van der Waals surface area contributed by atoms with Crippen LogP contribution in [0, 0.1) is 13.8 Å². The molecule has 72 valence electrons. The van der Waals surface area contributed by atoms with E-state index in [9.17, 15) is 0 Å². The summed E-state index contributed by atoms with van der Waals surface area (Å²) in [5.41, 5.74) is 8.01. The fourth-order valence-electron chi connectivity index (χ4n) is 1.22. The van der Waals surface area contributed by atoms with Crippen LogP contribution in [0.3, 0.4) is 0 Å². The van der Waals surface area contributed by atoms with Gasteiger partial charge in [-0.3, -0.25) is 5.73 Å². The van der Waals surface area contributed by atoms with E-state index < -0.39 is 0 Å². The Morgan fingerprint density at radius 2 is 1.85 bits per heavy atom. The summed E-state index contributed by atoms with van der Waals surface area (Å²) in [6.07, 6.45) is 0.633. The summed E-state index contributed by atoms with van der Waals surface area (Å²) in [4.78, 5) is 0. The van der Waals surface area contributed by atoms with E-state index in [4.69, 9.17) is 10.5 Å². The molecule has 13 heavy (non-hydrogen) atoms. The van der Waals surface area contributed by atoms with Crippen LogP contribution in [0.5, 0.6) is 5.75 Å². The SMILES string of the molecule is CCC(N)Oc1c(C)cccc1C. The first-order valence-corrected chi connectivity index (χ1v) is 4.63. The maximum Gasteiger partial charge on any atom is 0.147 e. The molecule has 0 aliphatic heterocycles. The molecule has 0 amide bonds. The second-order valence-electron chi connectivity index (χ2n) is 3.29. The zero-order chi connectivity index (χ0) is 9.84.